The van der Waals surface area contributed by atoms with Crippen molar-refractivity contribution in [2.75, 3.05) is 11.1 Å². The van der Waals surface area contributed by atoms with Gasteiger partial charge in [0.15, 0.2) is 0 Å². The van der Waals surface area contributed by atoms with Gasteiger partial charge in [-0.05, 0) is 38.9 Å². The molecule has 1 aliphatic rings. The van der Waals surface area contributed by atoms with Gasteiger partial charge >= 0.3 is 0 Å². The third-order valence-corrected chi connectivity index (χ3v) is 4.93. The van der Waals surface area contributed by atoms with Crippen LogP contribution in [0.5, 0.6) is 0 Å². The van der Waals surface area contributed by atoms with E-state index in [0.717, 1.165) is 22.5 Å². The maximum Gasteiger partial charge on any atom is 0.137 e. The van der Waals surface area contributed by atoms with Crippen molar-refractivity contribution in [2.24, 2.45) is 0 Å². The lowest BCUT2D eigenvalue weighted by molar-refractivity contribution is 0.748. The molecule has 2 atom stereocenters. The van der Waals surface area contributed by atoms with E-state index in [-0.39, 0.29) is 0 Å². The fourth-order valence-electron chi connectivity index (χ4n) is 2.39. The van der Waals surface area contributed by atoms with Gasteiger partial charge < -0.3 is 5.32 Å². The first-order valence-electron chi connectivity index (χ1n) is 6.49. The molecule has 100 valence electrons. The van der Waals surface area contributed by atoms with Gasteiger partial charge in [-0.15, -0.1) is 0 Å². The normalized spacial score (nSPS) is 23.3. The fourth-order valence-corrected chi connectivity index (χ4v) is 3.74. The first kappa shape index (κ1) is 13.9. The van der Waals surface area contributed by atoms with Crippen LogP contribution in [0.2, 0.25) is 5.15 Å². The molecule has 1 aromatic heterocycles. The summed E-state index contributed by atoms with van der Waals surface area (Å²) < 4.78 is 0. The van der Waals surface area contributed by atoms with Crippen molar-refractivity contribution in [2.45, 2.75) is 51.3 Å². The highest BCUT2D eigenvalue weighted by atomic mass is 35.5. The highest BCUT2D eigenvalue weighted by Gasteiger charge is 2.25. The van der Waals surface area contributed by atoms with Gasteiger partial charge in [0.25, 0.3) is 0 Å². The molecule has 0 spiro atoms. The summed E-state index contributed by atoms with van der Waals surface area (Å²) in [6.45, 7) is 6.07. The van der Waals surface area contributed by atoms with Crippen molar-refractivity contribution in [1.82, 2.24) is 9.97 Å². The van der Waals surface area contributed by atoms with Crippen LogP contribution in [0.15, 0.2) is 0 Å². The molecule has 1 heterocycles. The van der Waals surface area contributed by atoms with E-state index in [2.05, 4.69) is 34.0 Å². The van der Waals surface area contributed by atoms with E-state index >= 15 is 0 Å². The number of hydrogen-bond acceptors (Lipinski definition) is 4. The molecule has 0 bridgehead atoms. The second kappa shape index (κ2) is 6.11. The Kier molecular flexibility index (Phi) is 4.73. The third-order valence-electron chi connectivity index (χ3n) is 3.33. The summed E-state index contributed by atoms with van der Waals surface area (Å²) in [6.07, 6.45) is 3.74. The minimum atomic E-state index is 0.526. The maximum atomic E-state index is 6.09. The first-order valence-corrected chi connectivity index (χ1v) is 7.91. The molecule has 0 saturated heterocycles. The zero-order valence-corrected chi connectivity index (χ0v) is 12.7. The van der Waals surface area contributed by atoms with Gasteiger partial charge in [-0.25, -0.2) is 9.97 Å². The Labute approximate surface area is 118 Å². The van der Waals surface area contributed by atoms with Crippen molar-refractivity contribution >= 4 is 29.2 Å². The Bertz CT molecular complexity index is 425. The number of nitrogens with one attached hydrogen (secondary N) is 1. The zero-order valence-electron chi connectivity index (χ0n) is 11.2. The van der Waals surface area contributed by atoms with Crippen LogP contribution in [0.3, 0.4) is 0 Å². The number of aromatic nitrogens is 2. The quantitative estimate of drug-likeness (QED) is 0.853. The SMILES string of the molecule is CCSC1CCC(Nc2nc(C)nc(Cl)c2C)C1. The average molecular weight is 286 g/mol. The topological polar surface area (TPSA) is 37.8 Å². The third kappa shape index (κ3) is 3.29. The van der Waals surface area contributed by atoms with Crippen LogP contribution in [0.1, 0.15) is 37.6 Å². The highest BCUT2D eigenvalue weighted by molar-refractivity contribution is 7.99. The lowest BCUT2D eigenvalue weighted by Crippen LogP contribution is -2.18. The van der Waals surface area contributed by atoms with E-state index in [1.54, 1.807) is 0 Å². The molecule has 2 rings (SSSR count). The average Bonchev–Trinajstić information content (AvgIpc) is 2.73. The van der Waals surface area contributed by atoms with Gasteiger partial charge in [-0.2, -0.15) is 11.8 Å². The zero-order chi connectivity index (χ0) is 13.1. The molecule has 1 saturated carbocycles. The van der Waals surface area contributed by atoms with E-state index in [1.807, 2.05) is 13.8 Å². The summed E-state index contributed by atoms with van der Waals surface area (Å²) in [5.41, 5.74) is 0.953. The summed E-state index contributed by atoms with van der Waals surface area (Å²) in [5, 5.41) is 4.89. The van der Waals surface area contributed by atoms with Crippen LogP contribution in [0, 0.1) is 13.8 Å². The minimum Gasteiger partial charge on any atom is -0.367 e. The van der Waals surface area contributed by atoms with E-state index in [4.69, 9.17) is 11.6 Å². The van der Waals surface area contributed by atoms with Crippen molar-refractivity contribution in [3.8, 4) is 0 Å². The van der Waals surface area contributed by atoms with Crippen molar-refractivity contribution in [1.29, 1.82) is 0 Å². The lowest BCUT2D eigenvalue weighted by Gasteiger charge is -2.16. The molecule has 0 aromatic carbocycles. The molecular weight excluding hydrogens is 266 g/mol. The molecule has 0 amide bonds. The Morgan fingerprint density at radius 1 is 1.33 bits per heavy atom. The number of anilines is 1. The molecule has 18 heavy (non-hydrogen) atoms. The van der Waals surface area contributed by atoms with Crippen LogP contribution in [0.4, 0.5) is 5.82 Å². The van der Waals surface area contributed by atoms with E-state index < -0.39 is 0 Å². The van der Waals surface area contributed by atoms with Crippen molar-refractivity contribution in [3.63, 3.8) is 0 Å². The Balaban J connectivity index is 2.02. The van der Waals surface area contributed by atoms with Gasteiger partial charge in [-0.1, -0.05) is 18.5 Å². The number of halogens is 1. The van der Waals surface area contributed by atoms with Crippen LogP contribution in [-0.4, -0.2) is 27.0 Å². The summed E-state index contributed by atoms with van der Waals surface area (Å²) in [4.78, 5) is 8.62. The van der Waals surface area contributed by atoms with Crippen LogP contribution in [-0.2, 0) is 0 Å². The number of thioether (sulfide) groups is 1. The molecule has 1 fully saturated rings. The molecular formula is C13H20ClN3S. The predicted molar refractivity (Wildman–Crippen MR) is 79.7 cm³/mol. The molecule has 5 heteroatoms. The summed E-state index contributed by atoms with van der Waals surface area (Å²) in [7, 11) is 0. The number of aryl methyl sites for hydroxylation is 1. The number of rotatable bonds is 4. The van der Waals surface area contributed by atoms with Gasteiger partial charge in [0, 0.05) is 16.9 Å². The van der Waals surface area contributed by atoms with Crippen molar-refractivity contribution in [3.05, 3.63) is 16.5 Å². The second-order valence-corrected chi connectivity index (χ2v) is 6.70. The molecule has 1 aromatic rings. The van der Waals surface area contributed by atoms with Crippen LogP contribution in [0.25, 0.3) is 0 Å². The van der Waals surface area contributed by atoms with Crippen LogP contribution >= 0.6 is 23.4 Å². The largest absolute Gasteiger partial charge is 0.367 e. The van der Waals surface area contributed by atoms with Crippen molar-refractivity contribution < 1.29 is 0 Å². The van der Waals surface area contributed by atoms with E-state index in [1.165, 1.54) is 25.0 Å². The highest BCUT2D eigenvalue weighted by Crippen LogP contribution is 2.32. The van der Waals surface area contributed by atoms with Gasteiger partial charge in [0.2, 0.25) is 0 Å². The number of nitrogens with zero attached hydrogens (tertiary/aromatic N) is 2. The van der Waals surface area contributed by atoms with Gasteiger partial charge in [0.05, 0.1) is 0 Å². The molecule has 2 unspecified atom stereocenters. The molecule has 1 aliphatic carbocycles. The summed E-state index contributed by atoms with van der Waals surface area (Å²) >= 11 is 8.15. The molecule has 0 aliphatic heterocycles. The molecule has 3 nitrogen and oxygen atoms in total. The molecule has 0 radical (unpaired) electrons. The van der Waals surface area contributed by atoms with Gasteiger partial charge in [-0.3, -0.25) is 0 Å². The van der Waals surface area contributed by atoms with Gasteiger partial charge in [0.1, 0.15) is 16.8 Å². The summed E-state index contributed by atoms with van der Waals surface area (Å²) in [6, 6.07) is 0.526. The lowest BCUT2D eigenvalue weighted by atomic mass is 10.2. The minimum absolute atomic E-state index is 0.526. The monoisotopic (exact) mass is 285 g/mol. The number of hydrogen-bond donors (Lipinski definition) is 1. The summed E-state index contributed by atoms with van der Waals surface area (Å²) in [5.74, 6) is 2.83. The maximum absolute atomic E-state index is 6.09. The Morgan fingerprint density at radius 2 is 2.11 bits per heavy atom. The Morgan fingerprint density at radius 3 is 2.83 bits per heavy atom. The second-order valence-electron chi connectivity index (χ2n) is 4.77. The predicted octanol–water partition coefficient (Wildman–Crippen LogP) is 3.83. The first-order chi connectivity index (χ1) is 8.60. The fraction of sp³-hybridized carbons (Fsp3) is 0.692. The Hall–Kier alpha value is -0.480. The van der Waals surface area contributed by atoms with E-state index in [9.17, 15) is 0 Å². The molecule has 1 N–H and O–H groups in total. The standard InChI is InChI=1S/C13H20ClN3S/c1-4-18-11-6-5-10(7-11)17-13-8(2)12(14)15-9(3)16-13/h10-11H,4-7H2,1-3H3,(H,15,16,17). The van der Waals surface area contributed by atoms with E-state index in [0.29, 0.717) is 11.2 Å². The van der Waals surface area contributed by atoms with Crippen LogP contribution < -0.4 is 5.32 Å². The smallest absolute Gasteiger partial charge is 0.137 e.